The zero-order chi connectivity index (χ0) is 14.8. The Morgan fingerprint density at radius 2 is 2.05 bits per heavy atom. The minimum absolute atomic E-state index is 0.0600. The van der Waals surface area contributed by atoms with E-state index in [0.717, 1.165) is 33.5 Å². The highest BCUT2D eigenvalue weighted by molar-refractivity contribution is 7.16. The van der Waals surface area contributed by atoms with Crippen molar-refractivity contribution in [2.24, 2.45) is 0 Å². The molecule has 5 nitrogen and oxygen atoms in total. The molecule has 0 aliphatic rings. The van der Waals surface area contributed by atoms with E-state index in [1.807, 2.05) is 19.1 Å². The fraction of sp³-hybridized carbons (Fsp3) is 0.333. The van der Waals surface area contributed by atoms with Crippen LogP contribution in [0.15, 0.2) is 24.3 Å². The van der Waals surface area contributed by atoms with Gasteiger partial charge in [-0.1, -0.05) is 30.4 Å². The third kappa shape index (κ3) is 2.77. The van der Waals surface area contributed by atoms with Crippen LogP contribution in [0.25, 0.3) is 4.96 Å². The van der Waals surface area contributed by atoms with Crippen LogP contribution in [0.2, 0.25) is 0 Å². The highest BCUT2D eigenvalue weighted by Crippen LogP contribution is 2.20. The Balaban J connectivity index is 1.74. The molecule has 2 aromatic heterocycles. The summed E-state index contributed by atoms with van der Waals surface area (Å²) < 4.78 is 7.43. The summed E-state index contributed by atoms with van der Waals surface area (Å²) in [4.78, 5) is 5.17. The zero-order valence-corrected chi connectivity index (χ0v) is 12.9. The molecule has 1 N–H and O–H groups in total. The molecule has 1 aromatic carbocycles. The second-order valence-electron chi connectivity index (χ2n) is 4.78. The first-order chi connectivity index (χ1) is 10.2. The highest BCUT2D eigenvalue weighted by atomic mass is 32.1. The summed E-state index contributed by atoms with van der Waals surface area (Å²) in [6.07, 6.45) is 1.02. The lowest BCUT2D eigenvalue weighted by Crippen LogP contribution is -1.99. The van der Waals surface area contributed by atoms with Crippen LogP contribution in [-0.4, -0.2) is 19.7 Å². The van der Waals surface area contributed by atoms with Crippen molar-refractivity contribution in [3.63, 3.8) is 0 Å². The van der Waals surface area contributed by atoms with Crippen LogP contribution in [0.3, 0.4) is 0 Å². The molecule has 0 fully saturated rings. The van der Waals surface area contributed by atoms with Gasteiger partial charge in [0.2, 0.25) is 4.96 Å². The molecular weight excluding hydrogens is 286 g/mol. The first-order valence-corrected chi connectivity index (χ1v) is 7.69. The maximum atomic E-state index is 9.34. The van der Waals surface area contributed by atoms with Crippen molar-refractivity contribution < 1.29 is 9.84 Å². The summed E-state index contributed by atoms with van der Waals surface area (Å²) in [5.74, 6) is 0.832. The molecule has 0 saturated heterocycles. The quantitative estimate of drug-likeness (QED) is 0.787. The molecule has 0 unspecified atom stereocenters. The normalized spacial score (nSPS) is 11.2. The van der Waals surface area contributed by atoms with Crippen LogP contribution in [0.5, 0.6) is 5.75 Å². The van der Waals surface area contributed by atoms with E-state index < -0.39 is 0 Å². The van der Waals surface area contributed by atoms with Gasteiger partial charge >= 0.3 is 0 Å². The van der Waals surface area contributed by atoms with Crippen LogP contribution < -0.4 is 4.74 Å². The smallest absolute Gasteiger partial charge is 0.212 e. The molecule has 0 atom stereocenters. The van der Waals surface area contributed by atoms with E-state index in [2.05, 4.69) is 29.1 Å². The van der Waals surface area contributed by atoms with Gasteiger partial charge in [-0.15, -0.1) is 0 Å². The Hall–Kier alpha value is -1.92. The number of aromatic nitrogens is 3. The monoisotopic (exact) mass is 303 g/mol. The third-order valence-corrected chi connectivity index (χ3v) is 4.26. The van der Waals surface area contributed by atoms with Gasteiger partial charge in [0.05, 0.1) is 18.0 Å². The molecule has 0 amide bonds. The summed E-state index contributed by atoms with van der Waals surface area (Å²) in [5.41, 5.74) is 2.84. The number of fused-ring (bicyclic) bond motifs is 1. The molecule has 0 bridgehead atoms. The fourth-order valence-electron chi connectivity index (χ4n) is 2.14. The minimum atomic E-state index is -0.0600. The summed E-state index contributed by atoms with van der Waals surface area (Å²) in [5, 5.41) is 14.6. The minimum Gasteiger partial charge on any atom is -0.486 e. The van der Waals surface area contributed by atoms with Crippen LogP contribution in [0.1, 0.15) is 28.9 Å². The first kappa shape index (κ1) is 14.0. The van der Waals surface area contributed by atoms with Gasteiger partial charge in [0.15, 0.2) is 5.01 Å². The van der Waals surface area contributed by atoms with E-state index in [0.29, 0.717) is 6.61 Å². The molecule has 0 aliphatic heterocycles. The molecule has 3 rings (SSSR count). The Morgan fingerprint density at radius 3 is 2.71 bits per heavy atom. The summed E-state index contributed by atoms with van der Waals surface area (Å²) in [6, 6.07) is 8.08. The van der Waals surface area contributed by atoms with Gasteiger partial charge in [-0.3, -0.25) is 0 Å². The average Bonchev–Trinajstić information content (AvgIpc) is 3.01. The van der Waals surface area contributed by atoms with Gasteiger partial charge in [-0.2, -0.15) is 5.10 Å². The number of aliphatic hydroxyl groups is 1. The van der Waals surface area contributed by atoms with Crippen molar-refractivity contribution in [2.45, 2.75) is 33.5 Å². The molecular formula is C15H17N3O2S. The predicted octanol–water partition coefficient (Wildman–Crippen LogP) is 2.73. The number of hydrogen-bond acceptors (Lipinski definition) is 5. The van der Waals surface area contributed by atoms with E-state index in [4.69, 9.17) is 4.74 Å². The summed E-state index contributed by atoms with van der Waals surface area (Å²) in [7, 11) is 0. The lowest BCUT2D eigenvalue weighted by atomic mass is 10.2. The number of benzene rings is 1. The number of imidazole rings is 1. The topological polar surface area (TPSA) is 59.7 Å². The molecule has 110 valence electrons. The maximum Gasteiger partial charge on any atom is 0.212 e. The Morgan fingerprint density at radius 1 is 1.29 bits per heavy atom. The number of rotatable bonds is 5. The van der Waals surface area contributed by atoms with Gasteiger partial charge in [-0.25, -0.2) is 9.50 Å². The largest absolute Gasteiger partial charge is 0.486 e. The second-order valence-corrected chi connectivity index (χ2v) is 5.82. The van der Waals surface area contributed by atoms with Crippen LogP contribution in [0, 0.1) is 6.92 Å². The number of aliphatic hydroxyl groups excluding tert-OH is 1. The van der Waals surface area contributed by atoms with E-state index >= 15 is 0 Å². The molecule has 0 radical (unpaired) electrons. The number of nitrogens with zero attached hydrogens (tertiary/aromatic N) is 3. The van der Waals surface area contributed by atoms with E-state index in [-0.39, 0.29) is 6.61 Å². The predicted molar refractivity (Wildman–Crippen MR) is 81.7 cm³/mol. The molecule has 0 saturated carbocycles. The Bertz CT molecular complexity index is 746. The van der Waals surface area contributed by atoms with Crippen LogP contribution in [-0.2, 0) is 19.6 Å². The van der Waals surface area contributed by atoms with Gasteiger partial charge in [-0.05, 0) is 31.0 Å². The summed E-state index contributed by atoms with van der Waals surface area (Å²) in [6.45, 7) is 4.35. The number of aryl methyl sites for hydroxylation is 2. The zero-order valence-electron chi connectivity index (χ0n) is 12.0. The molecule has 0 aliphatic carbocycles. The standard InChI is InChI=1S/C15H17N3O2S/c1-3-11-4-6-12(7-5-11)20-9-14-17-18-13(8-19)10(2)16-15(18)21-14/h4-7,19H,3,8-9H2,1-2H3. The highest BCUT2D eigenvalue weighted by Gasteiger charge is 2.13. The van der Waals surface area contributed by atoms with E-state index in [1.165, 1.54) is 16.9 Å². The van der Waals surface area contributed by atoms with Crippen molar-refractivity contribution in [2.75, 3.05) is 0 Å². The number of ether oxygens (including phenoxy) is 1. The van der Waals surface area contributed by atoms with Crippen molar-refractivity contribution in [3.8, 4) is 5.75 Å². The molecule has 2 heterocycles. The summed E-state index contributed by atoms with van der Waals surface area (Å²) >= 11 is 1.48. The van der Waals surface area contributed by atoms with E-state index in [1.54, 1.807) is 4.52 Å². The SMILES string of the molecule is CCc1ccc(OCc2nn3c(CO)c(C)nc3s2)cc1. The Kier molecular flexibility index (Phi) is 3.90. The molecule has 0 spiro atoms. The number of hydrogen-bond donors (Lipinski definition) is 1. The van der Waals surface area contributed by atoms with Gasteiger partial charge in [0.1, 0.15) is 12.4 Å². The van der Waals surface area contributed by atoms with Crippen LogP contribution in [0.4, 0.5) is 0 Å². The first-order valence-electron chi connectivity index (χ1n) is 6.87. The third-order valence-electron chi connectivity index (χ3n) is 3.38. The maximum absolute atomic E-state index is 9.34. The molecule has 21 heavy (non-hydrogen) atoms. The van der Waals surface area contributed by atoms with Crippen LogP contribution >= 0.6 is 11.3 Å². The van der Waals surface area contributed by atoms with Gasteiger partial charge in [0.25, 0.3) is 0 Å². The van der Waals surface area contributed by atoms with Crippen molar-refractivity contribution >= 4 is 16.3 Å². The van der Waals surface area contributed by atoms with Gasteiger partial charge in [0, 0.05) is 0 Å². The van der Waals surface area contributed by atoms with Crippen molar-refractivity contribution in [3.05, 3.63) is 46.2 Å². The lowest BCUT2D eigenvalue weighted by molar-refractivity contribution is 0.272. The lowest BCUT2D eigenvalue weighted by Gasteiger charge is -2.04. The van der Waals surface area contributed by atoms with Gasteiger partial charge < -0.3 is 9.84 Å². The molecule has 3 aromatic rings. The average molecular weight is 303 g/mol. The second kappa shape index (κ2) is 5.83. The molecule has 6 heteroatoms. The van der Waals surface area contributed by atoms with E-state index in [9.17, 15) is 5.11 Å². The Labute approximate surface area is 126 Å². The van der Waals surface area contributed by atoms with Crippen molar-refractivity contribution in [1.82, 2.24) is 14.6 Å². The fourth-order valence-corrected chi connectivity index (χ4v) is 3.01. The van der Waals surface area contributed by atoms with Crippen molar-refractivity contribution in [1.29, 1.82) is 0 Å².